The van der Waals surface area contributed by atoms with Crippen LogP contribution in [0, 0.1) is 11.7 Å². The second-order valence-electron chi connectivity index (χ2n) is 4.93. The Hall–Kier alpha value is -2.17. The molecular weight excluding hydrogens is 273 g/mol. The van der Waals surface area contributed by atoms with E-state index in [1.165, 1.54) is 24.3 Å². The van der Waals surface area contributed by atoms with Gasteiger partial charge < -0.3 is 10.4 Å². The first kappa shape index (κ1) is 16.9. The number of hydrogen-bond acceptors (Lipinski definition) is 2. The highest BCUT2D eigenvalue weighted by Gasteiger charge is 2.12. The molecule has 114 valence electrons. The minimum Gasteiger partial charge on any atom is -0.478 e. The molecule has 2 N–H and O–H groups in total. The van der Waals surface area contributed by atoms with Gasteiger partial charge in [0.05, 0.1) is 0 Å². The van der Waals surface area contributed by atoms with Gasteiger partial charge in [-0.2, -0.15) is 0 Å². The molecular formula is C16H20FNO3. The van der Waals surface area contributed by atoms with Crippen molar-refractivity contribution in [2.24, 2.45) is 5.92 Å². The number of halogens is 1. The quantitative estimate of drug-likeness (QED) is 0.759. The summed E-state index contributed by atoms with van der Waals surface area (Å²) in [6, 6.07) is 4.28. The Kier molecular flexibility index (Phi) is 6.59. The van der Waals surface area contributed by atoms with E-state index in [1.807, 2.05) is 13.8 Å². The highest BCUT2D eigenvalue weighted by molar-refractivity contribution is 5.85. The summed E-state index contributed by atoms with van der Waals surface area (Å²) in [7, 11) is 0. The zero-order valence-corrected chi connectivity index (χ0v) is 12.2. The van der Waals surface area contributed by atoms with Gasteiger partial charge in [-0.3, -0.25) is 4.79 Å². The van der Waals surface area contributed by atoms with E-state index in [0.29, 0.717) is 11.1 Å². The first-order chi connectivity index (χ1) is 9.93. The predicted octanol–water partition coefficient (Wildman–Crippen LogP) is 2.98. The number of carbonyl (C=O) groups is 2. The van der Waals surface area contributed by atoms with Crippen LogP contribution in [0.1, 0.15) is 37.8 Å². The highest BCUT2D eigenvalue weighted by Crippen LogP contribution is 2.13. The molecule has 1 aromatic carbocycles. The van der Waals surface area contributed by atoms with Gasteiger partial charge in [0.15, 0.2) is 0 Å². The van der Waals surface area contributed by atoms with Crippen LogP contribution < -0.4 is 5.32 Å². The number of carboxylic acid groups (broad SMARTS) is 1. The van der Waals surface area contributed by atoms with E-state index in [4.69, 9.17) is 5.11 Å². The predicted molar refractivity (Wildman–Crippen MR) is 79.0 cm³/mol. The number of benzene rings is 1. The van der Waals surface area contributed by atoms with Crippen molar-refractivity contribution in [3.8, 4) is 0 Å². The van der Waals surface area contributed by atoms with E-state index >= 15 is 0 Å². The summed E-state index contributed by atoms with van der Waals surface area (Å²) >= 11 is 0. The molecule has 0 spiro atoms. The number of carboxylic acids is 1. The second-order valence-corrected chi connectivity index (χ2v) is 4.93. The fourth-order valence-corrected chi connectivity index (χ4v) is 1.92. The summed E-state index contributed by atoms with van der Waals surface area (Å²) in [5, 5.41) is 11.3. The molecule has 1 aromatic rings. The van der Waals surface area contributed by atoms with Gasteiger partial charge in [0.1, 0.15) is 5.82 Å². The second kappa shape index (κ2) is 8.19. The smallest absolute Gasteiger partial charge is 0.328 e. The molecule has 4 nitrogen and oxygen atoms in total. The van der Waals surface area contributed by atoms with E-state index in [-0.39, 0.29) is 18.4 Å². The average Bonchev–Trinajstić information content (AvgIpc) is 2.44. The van der Waals surface area contributed by atoms with E-state index in [9.17, 15) is 14.0 Å². The van der Waals surface area contributed by atoms with Crippen LogP contribution in [0.4, 0.5) is 4.39 Å². The van der Waals surface area contributed by atoms with Crippen molar-refractivity contribution in [1.82, 2.24) is 5.32 Å². The maximum atomic E-state index is 13.7. The number of hydrogen-bond donors (Lipinski definition) is 2. The molecule has 0 radical (unpaired) electrons. The molecule has 0 aliphatic carbocycles. The minimum atomic E-state index is -1.07. The van der Waals surface area contributed by atoms with Crippen LogP contribution in [0.3, 0.4) is 0 Å². The number of amides is 1. The Bertz CT molecular complexity index is 540. The fraction of sp³-hybridized carbons (Fsp3) is 0.375. The van der Waals surface area contributed by atoms with Gasteiger partial charge in [0.2, 0.25) is 5.91 Å². The molecule has 1 amide bonds. The lowest BCUT2D eigenvalue weighted by Gasteiger charge is -2.12. The summed E-state index contributed by atoms with van der Waals surface area (Å²) in [4.78, 5) is 22.3. The first-order valence-electron chi connectivity index (χ1n) is 6.91. The topological polar surface area (TPSA) is 66.4 Å². The molecule has 0 fully saturated rings. The summed E-state index contributed by atoms with van der Waals surface area (Å²) in [6.45, 7) is 3.93. The Morgan fingerprint density at radius 3 is 2.76 bits per heavy atom. The van der Waals surface area contributed by atoms with Crippen molar-refractivity contribution in [3.05, 3.63) is 41.2 Å². The van der Waals surface area contributed by atoms with Gasteiger partial charge in [0.25, 0.3) is 0 Å². The molecule has 1 rings (SSSR count). The van der Waals surface area contributed by atoms with E-state index in [1.54, 1.807) is 0 Å². The van der Waals surface area contributed by atoms with Gasteiger partial charge in [0, 0.05) is 24.1 Å². The van der Waals surface area contributed by atoms with Crippen LogP contribution in [-0.2, 0) is 16.1 Å². The van der Waals surface area contributed by atoms with Crippen molar-refractivity contribution >= 4 is 18.0 Å². The Morgan fingerprint density at radius 2 is 2.14 bits per heavy atom. The number of aliphatic carboxylic acids is 1. The van der Waals surface area contributed by atoms with Crippen molar-refractivity contribution in [2.45, 2.75) is 33.2 Å². The number of rotatable bonds is 7. The summed E-state index contributed by atoms with van der Waals surface area (Å²) in [5.74, 6) is -1.70. The molecule has 0 bridgehead atoms. The molecule has 0 aromatic heterocycles. The van der Waals surface area contributed by atoms with Crippen molar-refractivity contribution in [3.63, 3.8) is 0 Å². The lowest BCUT2D eigenvalue weighted by Crippen LogP contribution is -2.29. The molecule has 1 atom stereocenters. The van der Waals surface area contributed by atoms with Crippen molar-refractivity contribution in [1.29, 1.82) is 0 Å². The summed E-state index contributed by atoms with van der Waals surface area (Å²) in [6.07, 6.45) is 4.07. The summed E-state index contributed by atoms with van der Waals surface area (Å²) in [5.41, 5.74) is 0.907. The molecule has 0 saturated carbocycles. The van der Waals surface area contributed by atoms with Crippen molar-refractivity contribution in [2.75, 3.05) is 0 Å². The maximum Gasteiger partial charge on any atom is 0.328 e. The molecule has 21 heavy (non-hydrogen) atoms. The van der Waals surface area contributed by atoms with Crippen LogP contribution >= 0.6 is 0 Å². The number of carbonyl (C=O) groups excluding carboxylic acids is 1. The van der Waals surface area contributed by atoms with Gasteiger partial charge in [-0.15, -0.1) is 0 Å². The summed E-state index contributed by atoms with van der Waals surface area (Å²) < 4.78 is 13.7. The van der Waals surface area contributed by atoms with E-state index < -0.39 is 11.8 Å². The lowest BCUT2D eigenvalue weighted by molar-refractivity contribution is -0.131. The molecule has 0 saturated heterocycles. The third-order valence-electron chi connectivity index (χ3n) is 3.11. The standard InChI is InChI=1S/C16H20FNO3/c1-3-4-11(2)16(21)18-10-13-9-12(5-7-14(13)17)6-8-15(19)20/h5-9,11H,3-4,10H2,1-2H3,(H,18,21)(H,19,20). The van der Waals surface area contributed by atoms with Gasteiger partial charge in [-0.25, -0.2) is 9.18 Å². The Balaban J connectivity index is 2.72. The van der Waals surface area contributed by atoms with Crippen LogP contribution in [0.5, 0.6) is 0 Å². The molecule has 0 aliphatic heterocycles. The Morgan fingerprint density at radius 1 is 1.43 bits per heavy atom. The fourth-order valence-electron chi connectivity index (χ4n) is 1.92. The van der Waals surface area contributed by atoms with E-state index in [2.05, 4.69) is 5.32 Å². The molecule has 1 unspecified atom stereocenters. The number of nitrogens with one attached hydrogen (secondary N) is 1. The average molecular weight is 293 g/mol. The molecule has 0 heterocycles. The van der Waals surface area contributed by atoms with Crippen LogP contribution in [0.2, 0.25) is 0 Å². The third-order valence-corrected chi connectivity index (χ3v) is 3.11. The largest absolute Gasteiger partial charge is 0.478 e. The van der Waals surface area contributed by atoms with Crippen LogP contribution in [0.15, 0.2) is 24.3 Å². The van der Waals surface area contributed by atoms with Crippen molar-refractivity contribution < 1.29 is 19.1 Å². The molecule has 0 aliphatic rings. The first-order valence-corrected chi connectivity index (χ1v) is 6.91. The third kappa shape index (κ3) is 5.77. The molecule has 5 heteroatoms. The van der Waals surface area contributed by atoms with Gasteiger partial charge >= 0.3 is 5.97 Å². The van der Waals surface area contributed by atoms with Crippen LogP contribution in [0.25, 0.3) is 6.08 Å². The SMILES string of the molecule is CCCC(C)C(=O)NCc1cc(C=CC(=O)O)ccc1F. The zero-order valence-electron chi connectivity index (χ0n) is 12.2. The monoisotopic (exact) mass is 293 g/mol. The van der Waals surface area contributed by atoms with Gasteiger partial charge in [-0.05, 0) is 30.2 Å². The highest BCUT2D eigenvalue weighted by atomic mass is 19.1. The minimum absolute atomic E-state index is 0.0907. The zero-order chi connectivity index (χ0) is 15.8. The maximum absolute atomic E-state index is 13.7. The normalized spacial score (nSPS) is 12.3. The van der Waals surface area contributed by atoms with Crippen LogP contribution in [-0.4, -0.2) is 17.0 Å². The van der Waals surface area contributed by atoms with Gasteiger partial charge in [-0.1, -0.05) is 26.3 Å². The Labute approximate surface area is 123 Å². The van der Waals surface area contributed by atoms with E-state index in [0.717, 1.165) is 18.9 Å². The lowest BCUT2D eigenvalue weighted by atomic mass is 10.0.